The molecule has 2 N–H and O–H groups in total. The first-order valence-electron chi connectivity index (χ1n) is 5.28. The molecule has 0 saturated heterocycles. The highest BCUT2D eigenvalue weighted by Crippen LogP contribution is 2.11. The predicted molar refractivity (Wildman–Crippen MR) is 64.3 cm³/mol. The largest absolute Gasteiger partial charge is 0.380 e. The summed E-state index contributed by atoms with van der Waals surface area (Å²) in [6, 6.07) is 7.66. The molecule has 0 heterocycles. The second kappa shape index (κ2) is 6.98. The van der Waals surface area contributed by atoms with E-state index in [1.165, 1.54) is 0 Å². The van der Waals surface area contributed by atoms with E-state index in [1.807, 2.05) is 31.3 Å². The average Bonchev–Trinajstić information content (AvgIpc) is 2.27. The molecule has 0 spiro atoms. The van der Waals surface area contributed by atoms with Gasteiger partial charge in [0.2, 0.25) is 5.91 Å². The minimum Gasteiger partial charge on any atom is -0.380 e. The van der Waals surface area contributed by atoms with E-state index < -0.39 is 0 Å². The Morgan fingerprint density at radius 3 is 2.94 bits per heavy atom. The topological polar surface area (TPSA) is 50.4 Å². The van der Waals surface area contributed by atoms with Crippen molar-refractivity contribution in [2.75, 3.05) is 26.0 Å². The quantitative estimate of drug-likeness (QED) is 0.764. The van der Waals surface area contributed by atoms with Crippen molar-refractivity contribution in [3.05, 3.63) is 29.8 Å². The van der Waals surface area contributed by atoms with Gasteiger partial charge in [-0.2, -0.15) is 0 Å². The summed E-state index contributed by atoms with van der Waals surface area (Å²) in [5.74, 6) is 0.0175. The van der Waals surface area contributed by atoms with Crippen molar-refractivity contribution < 1.29 is 9.53 Å². The van der Waals surface area contributed by atoms with Crippen LogP contribution in [0.3, 0.4) is 0 Å². The van der Waals surface area contributed by atoms with E-state index in [9.17, 15) is 4.79 Å². The zero-order chi connectivity index (χ0) is 11.8. The number of ether oxygens (including phenoxy) is 1. The van der Waals surface area contributed by atoms with Crippen LogP contribution in [0.4, 0.5) is 5.69 Å². The first-order valence-corrected chi connectivity index (χ1v) is 5.28. The van der Waals surface area contributed by atoms with Crippen molar-refractivity contribution in [2.24, 2.45) is 0 Å². The Morgan fingerprint density at radius 2 is 2.25 bits per heavy atom. The fourth-order valence-corrected chi connectivity index (χ4v) is 1.37. The molecule has 0 unspecified atom stereocenters. The summed E-state index contributed by atoms with van der Waals surface area (Å²) < 4.78 is 5.03. The molecular formula is C12H18N2O2. The highest BCUT2D eigenvalue weighted by molar-refractivity contribution is 5.90. The Bertz CT molecular complexity index is 340. The summed E-state index contributed by atoms with van der Waals surface area (Å²) in [7, 11) is 3.48. The van der Waals surface area contributed by atoms with Gasteiger partial charge in [0.15, 0.2) is 0 Å². The molecule has 0 radical (unpaired) electrons. The van der Waals surface area contributed by atoms with Gasteiger partial charge in [0.05, 0.1) is 6.61 Å². The van der Waals surface area contributed by atoms with Gasteiger partial charge in [-0.15, -0.1) is 0 Å². The van der Waals surface area contributed by atoms with Crippen LogP contribution in [0.1, 0.15) is 12.0 Å². The molecule has 4 nitrogen and oxygen atoms in total. The molecule has 0 aliphatic heterocycles. The molecule has 1 aromatic rings. The zero-order valence-electron chi connectivity index (χ0n) is 9.75. The van der Waals surface area contributed by atoms with Gasteiger partial charge in [-0.3, -0.25) is 4.79 Å². The van der Waals surface area contributed by atoms with Crippen molar-refractivity contribution in [1.82, 2.24) is 5.32 Å². The number of nitrogens with one attached hydrogen (secondary N) is 2. The van der Waals surface area contributed by atoms with E-state index in [2.05, 4.69) is 10.6 Å². The fraction of sp³-hybridized carbons (Fsp3) is 0.417. The average molecular weight is 222 g/mol. The molecule has 1 rings (SSSR count). The number of rotatable bonds is 6. The van der Waals surface area contributed by atoms with Gasteiger partial charge in [0.25, 0.3) is 0 Å². The Hall–Kier alpha value is -1.39. The predicted octanol–water partition coefficient (Wildman–Crippen LogP) is 1.38. The molecule has 88 valence electrons. The van der Waals surface area contributed by atoms with Crippen LogP contribution in [-0.2, 0) is 16.1 Å². The van der Waals surface area contributed by atoms with Crippen LogP contribution in [0.25, 0.3) is 0 Å². The van der Waals surface area contributed by atoms with Crippen molar-refractivity contribution in [3.8, 4) is 0 Å². The lowest BCUT2D eigenvalue weighted by Gasteiger charge is -2.06. The summed E-state index contributed by atoms with van der Waals surface area (Å²) in [5.41, 5.74) is 1.87. The molecular weight excluding hydrogens is 204 g/mol. The third-order valence-electron chi connectivity index (χ3n) is 2.12. The number of amides is 1. The molecule has 0 atom stereocenters. The van der Waals surface area contributed by atoms with Crippen LogP contribution >= 0.6 is 0 Å². The van der Waals surface area contributed by atoms with E-state index >= 15 is 0 Å². The third-order valence-corrected chi connectivity index (χ3v) is 2.12. The van der Waals surface area contributed by atoms with E-state index in [4.69, 9.17) is 4.74 Å². The summed E-state index contributed by atoms with van der Waals surface area (Å²) in [6.45, 7) is 1.24. The summed E-state index contributed by atoms with van der Waals surface area (Å²) in [5, 5.41) is 5.78. The van der Waals surface area contributed by atoms with Gasteiger partial charge in [0.1, 0.15) is 0 Å². The minimum absolute atomic E-state index is 0.0175. The van der Waals surface area contributed by atoms with E-state index in [0.717, 1.165) is 11.3 Å². The Balaban J connectivity index is 2.52. The van der Waals surface area contributed by atoms with Crippen LogP contribution in [-0.4, -0.2) is 26.6 Å². The number of benzene rings is 1. The van der Waals surface area contributed by atoms with Crippen LogP contribution < -0.4 is 10.6 Å². The van der Waals surface area contributed by atoms with Crippen LogP contribution in [0.5, 0.6) is 0 Å². The highest BCUT2D eigenvalue weighted by atomic mass is 16.5. The molecule has 0 aliphatic rings. The molecule has 0 aliphatic carbocycles. The highest BCUT2D eigenvalue weighted by Gasteiger charge is 2.01. The SMILES string of the molecule is CNCCC(=O)Nc1cccc(COC)c1. The summed E-state index contributed by atoms with van der Waals surface area (Å²) in [4.78, 5) is 11.5. The Labute approximate surface area is 96.0 Å². The van der Waals surface area contributed by atoms with Gasteiger partial charge < -0.3 is 15.4 Å². The smallest absolute Gasteiger partial charge is 0.225 e. The van der Waals surface area contributed by atoms with Crippen LogP contribution in [0, 0.1) is 0 Å². The van der Waals surface area contributed by atoms with Gasteiger partial charge in [0, 0.05) is 25.8 Å². The second-order valence-electron chi connectivity index (χ2n) is 3.54. The molecule has 0 aromatic heterocycles. The van der Waals surface area contributed by atoms with E-state index in [0.29, 0.717) is 19.6 Å². The molecule has 0 bridgehead atoms. The number of anilines is 1. The molecule has 1 amide bonds. The van der Waals surface area contributed by atoms with Gasteiger partial charge in [-0.05, 0) is 24.7 Å². The molecule has 1 aromatic carbocycles. The van der Waals surface area contributed by atoms with E-state index in [1.54, 1.807) is 7.11 Å². The Morgan fingerprint density at radius 1 is 1.44 bits per heavy atom. The molecule has 16 heavy (non-hydrogen) atoms. The van der Waals surface area contributed by atoms with Gasteiger partial charge in [-0.1, -0.05) is 12.1 Å². The van der Waals surface area contributed by atoms with E-state index in [-0.39, 0.29) is 5.91 Å². The van der Waals surface area contributed by atoms with Gasteiger partial charge in [-0.25, -0.2) is 0 Å². The zero-order valence-corrected chi connectivity index (χ0v) is 9.75. The maximum Gasteiger partial charge on any atom is 0.225 e. The summed E-state index contributed by atoms with van der Waals surface area (Å²) in [6.07, 6.45) is 0.477. The van der Waals surface area contributed by atoms with Gasteiger partial charge >= 0.3 is 0 Å². The van der Waals surface area contributed by atoms with Crippen molar-refractivity contribution in [3.63, 3.8) is 0 Å². The molecule has 0 saturated carbocycles. The lowest BCUT2D eigenvalue weighted by atomic mass is 10.2. The normalized spacial score (nSPS) is 10.1. The van der Waals surface area contributed by atoms with Crippen molar-refractivity contribution in [2.45, 2.75) is 13.0 Å². The summed E-state index contributed by atoms with van der Waals surface area (Å²) >= 11 is 0. The fourth-order valence-electron chi connectivity index (χ4n) is 1.37. The standard InChI is InChI=1S/C12H18N2O2/c1-13-7-6-12(15)14-11-5-3-4-10(8-11)9-16-2/h3-5,8,13H,6-7,9H2,1-2H3,(H,14,15). The van der Waals surface area contributed by atoms with Crippen molar-refractivity contribution in [1.29, 1.82) is 0 Å². The number of carbonyl (C=O) groups excluding carboxylic acids is 1. The number of hydrogen-bond donors (Lipinski definition) is 2. The number of methoxy groups -OCH3 is 1. The Kier molecular flexibility index (Phi) is 5.53. The van der Waals surface area contributed by atoms with Crippen LogP contribution in [0.15, 0.2) is 24.3 Å². The first-order chi connectivity index (χ1) is 7.76. The maximum absolute atomic E-state index is 11.5. The lowest BCUT2D eigenvalue weighted by molar-refractivity contribution is -0.116. The van der Waals surface area contributed by atoms with Crippen molar-refractivity contribution >= 4 is 11.6 Å². The third kappa shape index (κ3) is 4.42. The lowest BCUT2D eigenvalue weighted by Crippen LogP contribution is -2.18. The molecule has 4 heteroatoms. The molecule has 0 fully saturated rings. The number of hydrogen-bond acceptors (Lipinski definition) is 3. The monoisotopic (exact) mass is 222 g/mol. The maximum atomic E-state index is 11.5. The number of carbonyl (C=O) groups is 1. The van der Waals surface area contributed by atoms with Crippen LogP contribution in [0.2, 0.25) is 0 Å². The second-order valence-corrected chi connectivity index (χ2v) is 3.54. The minimum atomic E-state index is 0.0175. The first kappa shape index (κ1) is 12.7.